The molecule has 7 heteroatoms. The van der Waals surface area contributed by atoms with Gasteiger partial charge in [-0.1, -0.05) is 54.6 Å². The smallest absolute Gasteiger partial charge is 0.241 e. The Morgan fingerprint density at radius 2 is 1.84 bits per heavy atom. The minimum absolute atomic E-state index is 0.0170. The molecule has 1 heterocycles. The van der Waals surface area contributed by atoms with Crippen molar-refractivity contribution in [1.82, 2.24) is 15.5 Å². The summed E-state index contributed by atoms with van der Waals surface area (Å²) in [5.74, 6) is 0.604. The number of benzene rings is 3. The van der Waals surface area contributed by atoms with Crippen molar-refractivity contribution in [3.63, 3.8) is 0 Å². The van der Waals surface area contributed by atoms with Crippen molar-refractivity contribution in [3.8, 4) is 22.9 Å². The van der Waals surface area contributed by atoms with Crippen LogP contribution in [-0.4, -0.2) is 49.5 Å². The number of nitrogens with one attached hydrogen (secondary N) is 2. The molecule has 1 saturated heterocycles. The summed E-state index contributed by atoms with van der Waals surface area (Å²) in [6.07, 6.45) is 0.782. The van der Waals surface area contributed by atoms with E-state index in [0.29, 0.717) is 25.2 Å². The van der Waals surface area contributed by atoms with Crippen molar-refractivity contribution in [3.05, 3.63) is 89.5 Å². The molecule has 0 radical (unpaired) electrons. The van der Waals surface area contributed by atoms with Gasteiger partial charge in [-0.25, -0.2) is 0 Å². The van der Waals surface area contributed by atoms with Gasteiger partial charge in [-0.05, 0) is 41.3 Å². The first-order valence-corrected chi connectivity index (χ1v) is 12.5. The van der Waals surface area contributed by atoms with Gasteiger partial charge in [-0.3, -0.25) is 9.59 Å². The molecular formula is C30H32N4O3. The van der Waals surface area contributed by atoms with Crippen molar-refractivity contribution in [2.45, 2.75) is 31.8 Å². The van der Waals surface area contributed by atoms with Crippen LogP contribution in [0.3, 0.4) is 0 Å². The third kappa shape index (κ3) is 6.35. The number of hydrogen-bond donors (Lipinski definition) is 2. The van der Waals surface area contributed by atoms with E-state index in [1.165, 1.54) is 12.5 Å². The highest BCUT2D eigenvalue weighted by Gasteiger charge is 2.32. The lowest BCUT2D eigenvalue weighted by Gasteiger charge is -2.39. The summed E-state index contributed by atoms with van der Waals surface area (Å²) in [6.45, 7) is 3.21. The van der Waals surface area contributed by atoms with Crippen LogP contribution in [0.2, 0.25) is 0 Å². The van der Waals surface area contributed by atoms with Crippen molar-refractivity contribution < 1.29 is 14.3 Å². The van der Waals surface area contributed by atoms with Gasteiger partial charge in [0.15, 0.2) is 0 Å². The number of ether oxygens (including phenoxy) is 1. The number of piperidine rings is 1. The standard InChI is InChI=1S/C30H32N4O3/c1-21(35)32-19-30(36)34-15-14-28(27(20-34)22-8-4-3-5-9-22)33-18-25-16-23(12-13-29(25)37-2)26-11-7-6-10-24(26)17-31/h3-13,16,27-28,33H,14-15,18-20H2,1-2H3,(H,32,35)/t27-,28-/m0/s1. The van der Waals surface area contributed by atoms with Crippen LogP contribution >= 0.6 is 0 Å². The number of hydrogen-bond acceptors (Lipinski definition) is 5. The molecule has 1 fully saturated rings. The van der Waals surface area contributed by atoms with Gasteiger partial charge < -0.3 is 20.3 Å². The highest BCUT2D eigenvalue weighted by Crippen LogP contribution is 2.31. The Labute approximate surface area is 218 Å². The molecular weight excluding hydrogens is 464 g/mol. The molecule has 0 bridgehead atoms. The summed E-state index contributed by atoms with van der Waals surface area (Å²) in [6, 6.07) is 26.2. The average molecular weight is 497 g/mol. The van der Waals surface area contributed by atoms with E-state index in [1.54, 1.807) is 7.11 Å². The van der Waals surface area contributed by atoms with Gasteiger partial charge in [0, 0.05) is 44.1 Å². The maximum Gasteiger partial charge on any atom is 0.241 e. The van der Waals surface area contributed by atoms with Crippen LogP contribution in [0.5, 0.6) is 5.75 Å². The van der Waals surface area contributed by atoms with Crippen LogP contribution in [-0.2, 0) is 16.1 Å². The minimum Gasteiger partial charge on any atom is -0.496 e. The van der Waals surface area contributed by atoms with Gasteiger partial charge in [0.1, 0.15) is 5.75 Å². The Kier molecular flexibility index (Phi) is 8.55. The molecule has 3 aromatic carbocycles. The monoisotopic (exact) mass is 496 g/mol. The number of carbonyl (C=O) groups excluding carboxylic acids is 2. The number of nitrogens with zero attached hydrogens (tertiary/aromatic N) is 2. The predicted molar refractivity (Wildman–Crippen MR) is 143 cm³/mol. The van der Waals surface area contributed by atoms with E-state index in [2.05, 4.69) is 34.9 Å². The first kappa shape index (κ1) is 25.9. The van der Waals surface area contributed by atoms with Gasteiger partial charge in [0.2, 0.25) is 11.8 Å². The van der Waals surface area contributed by atoms with Crippen molar-refractivity contribution in [2.75, 3.05) is 26.7 Å². The normalized spacial score (nSPS) is 17.1. The molecule has 3 aromatic rings. The summed E-state index contributed by atoms with van der Waals surface area (Å²) in [7, 11) is 1.66. The van der Waals surface area contributed by atoms with E-state index >= 15 is 0 Å². The Hall–Kier alpha value is -4.15. The zero-order chi connectivity index (χ0) is 26.2. The number of methoxy groups -OCH3 is 1. The molecule has 0 saturated carbocycles. The average Bonchev–Trinajstić information content (AvgIpc) is 2.95. The van der Waals surface area contributed by atoms with E-state index in [1.807, 2.05) is 59.5 Å². The van der Waals surface area contributed by atoms with Crippen LogP contribution in [0.15, 0.2) is 72.8 Å². The highest BCUT2D eigenvalue weighted by atomic mass is 16.5. The molecule has 0 spiro atoms. The van der Waals surface area contributed by atoms with Gasteiger partial charge in [-0.2, -0.15) is 5.26 Å². The Morgan fingerprint density at radius 3 is 2.57 bits per heavy atom. The fourth-order valence-electron chi connectivity index (χ4n) is 4.93. The van der Waals surface area contributed by atoms with E-state index in [-0.39, 0.29) is 30.3 Å². The highest BCUT2D eigenvalue weighted by molar-refractivity contribution is 5.83. The molecule has 0 aromatic heterocycles. The fourth-order valence-corrected chi connectivity index (χ4v) is 4.93. The lowest BCUT2D eigenvalue weighted by molar-refractivity contribution is -0.133. The first-order chi connectivity index (χ1) is 18.0. The predicted octanol–water partition coefficient (Wildman–Crippen LogP) is 3.84. The number of rotatable bonds is 8. The van der Waals surface area contributed by atoms with Gasteiger partial charge in [0.25, 0.3) is 0 Å². The Balaban J connectivity index is 1.54. The maximum absolute atomic E-state index is 12.7. The second-order valence-corrected chi connectivity index (χ2v) is 9.23. The van der Waals surface area contributed by atoms with Crippen LogP contribution in [0.25, 0.3) is 11.1 Å². The summed E-state index contributed by atoms with van der Waals surface area (Å²) >= 11 is 0. The summed E-state index contributed by atoms with van der Waals surface area (Å²) in [5.41, 5.74) is 4.66. The summed E-state index contributed by atoms with van der Waals surface area (Å²) in [5, 5.41) is 15.9. The molecule has 2 atom stereocenters. The number of carbonyl (C=O) groups is 2. The minimum atomic E-state index is -0.210. The first-order valence-electron chi connectivity index (χ1n) is 12.5. The van der Waals surface area contributed by atoms with Gasteiger partial charge >= 0.3 is 0 Å². The van der Waals surface area contributed by atoms with Crippen LogP contribution in [0, 0.1) is 11.3 Å². The van der Waals surface area contributed by atoms with E-state index in [4.69, 9.17) is 4.74 Å². The SMILES string of the molecule is COc1ccc(-c2ccccc2C#N)cc1CN[C@H]1CCN(C(=O)CNC(C)=O)C[C@H]1c1ccccc1. The number of nitriles is 1. The molecule has 1 aliphatic rings. The molecule has 2 N–H and O–H groups in total. The van der Waals surface area contributed by atoms with Crippen LogP contribution in [0.4, 0.5) is 0 Å². The summed E-state index contributed by atoms with van der Waals surface area (Å²) < 4.78 is 5.65. The van der Waals surface area contributed by atoms with Crippen molar-refractivity contribution >= 4 is 11.8 Å². The molecule has 1 aliphatic heterocycles. The lowest BCUT2D eigenvalue weighted by Crippen LogP contribution is -2.51. The zero-order valence-electron chi connectivity index (χ0n) is 21.2. The second kappa shape index (κ2) is 12.2. The number of amides is 2. The quantitative estimate of drug-likeness (QED) is 0.494. The van der Waals surface area contributed by atoms with Crippen LogP contribution < -0.4 is 15.4 Å². The van der Waals surface area contributed by atoms with Crippen molar-refractivity contribution in [1.29, 1.82) is 5.26 Å². The van der Waals surface area contributed by atoms with Gasteiger partial charge in [0.05, 0.1) is 25.3 Å². The largest absolute Gasteiger partial charge is 0.496 e. The Bertz CT molecular complexity index is 1290. The van der Waals surface area contributed by atoms with E-state index < -0.39 is 0 Å². The van der Waals surface area contributed by atoms with E-state index in [9.17, 15) is 14.9 Å². The molecule has 7 nitrogen and oxygen atoms in total. The lowest BCUT2D eigenvalue weighted by atomic mass is 9.85. The summed E-state index contributed by atoms with van der Waals surface area (Å²) in [4.78, 5) is 25.8. The maximum atomic E-state index is 12.7. The molecule has 190 valence electrons. The molecule has 2 amide bonds. The molecule has 4 rings (SSSR count). The third-order valence-electron chi connectivity index (χ3n) is 6.88. The molecule has 37 heavy (non-hydrogen) atoms. The fraction of sp³-hybridized carbons (Fsp3) is 0.300. The number of likely N-dealkylation sites (tertiary alicyclic amines) is 1. The molecule has 0 aliphatic carbocycles. The third-order valence-corrected chi connectivity index (χ3v) is 6.88. The second-order valence-electron chi connectivity index (χ2n) is 9.23. The van der Waals surface area contributed by atoms with Crippen LogP contribution in [0.1, 0.15) is 36.0 Å². The van der Waals surface area contributed by atoms with Crippen molar-refractivity contribution in [2.24, 2.45) is 0 Å². The van der Waals surface area contributed by atoms with E-state index in [0.717, 1.165) is 28.9 Å². The van der Waals surface area contributed by atoms with Gasteiger partial charge in [-0.15, -0.1) is 0 Å². The topological polar surface area (TPSA) is 94.5 Å². The molecule has 0 unspecified atom stereocenters. The Morgan fingerprint density at radius 1 is 1.08 bits per heavy atom. The zero-order valence-corrected chi connectivity index (χ0v) is 21.2.